The van der Waals surface area contributed by atoms with Crippen molar-refractivity contribution in [3.8, 4) is 17.2 Å². The van der Waals surface area contributed by atoms with Gasteiger partial charge in [0.1, 0.15) is 23.9 Å². The Balaban J connectivity index is 1.79. The molecule has 0 unspecified atom stereocenters. The van der Waals surface area contributed by atoms with Gasteiger partial charge in [-0.25, -0.2) is 4.79 Å². The van der Waals surface area contributed by atoms with Gasteiger partial charge in [-0.3, -0.25) is 10.1 Å². The van der Waals surface area contributed by atoms with Gasteiger partial charge in [-0.15, -0.1) is 0 Å². The molecule has 8 nitrogen and oxygen atoms in total. The second-order valence-electron chi connectivity index (χ2n) is 4.82. The van der Waals surface area contributed by atoms with E-state index in [2.05, 4.69) is 5.32 Å². The molecule has 0 saturated heterocycles. The van der Waals surface area contributed by atoms with Crippen LogP contribution in [0.2, 0.25) is 0 Å². The van der Waals surface area contributed by atoms with E-state index in [0.29, 0.717) is 37.0 Å². The predicted molar refractivity (Wildman–Crippen MR) is 90.1 cm³/mol. The molecule has 0 atom stereocenters. The summed E-state index contributed by atoms with van der Waals surface area (Å²) in [5.41, 5.74) is 0.00697. The summed E-state index contributed by atoms with van der Waals surface area (Å²) in [6.45, 7) is 2.69. The van der Waals surface area contributed by atoms with E-state index in [9.17, 15) is 14.9 Å². The molecule has 1 N–H and O–H groups in total. The molecule has 0 radical (unpaired) electrons. The van der Waals surface area contributed by atoms with Crippen molar-refractivity contribution in [2.75, 3.05) is 19.8 Å². The van der Waals surface area contributed by atoms with Gasteiger partial charge < -0.3 is 19.5 Å². The van der Waals surface area contributed by atoms with Crippen LogP contribution in [0.3, 0.4) is 0 Å². The fourth-order valence-electron chi connectivity index (χ4n) is 1.88. The molecule has 2 aromatic carbocycles. The van der Waals surface area contributed by atoms with E-state index >= 15 is 0 Å². The monoisotopic (exact) mass is 346 g/mol. The van der Waals surface area contributed by atoms with Crippen LogP contribution in [-0.4, -0.2) is 30.8 Å². The van der Waals surface area contributed by atoms with Crippen LogP contribution in [0, 0.1) is 10.1 Å². The maximum absolute atomic E-state index is 11.1. The second kappa shape index (κ2) is 9.11. The number of hydrogen-bond acceptors (Lipinski definition) is 6. The van der Waals surface area contributed by atoms with Gasteiger partial charge in [-0.2, -0.15) is 0 Å². The third-order valence-corrected chi connectivity index (χ3v) is 3.02. The number of carbonyl (C=O) groups excluding carboxylic acids is 1. The molecule has 0 spiro atoms. The summed E-state index contributed by atoms with van der Waals surface area (Å²) in [5.74, 6) is 1.70. The molecule has 2 rings (SSSR count). The average molecular weight is 346 g/mol. The minimum absolute atomic E-state index is 0.00697. The van der Waals surface area contributed by atoms with Gasteiger partial charge in [0.2, 0.25) is 0 Å². The SMILES string of the molecule is CCOC(=O)NCCOc1ccc(Oc2ccc([N+](=O)[O-])cc2)cc1. The Hall–Kier alpha value is -3.29. The first-order valence-corrected chi connectivity index (χ1v) is 7.64. The van der Waals surface area contributed by atoms with Crippen LogP contribution in [0.5, 0.6) is 17.2 Å². The molecule has 0 saturated carbocycles. The normalized spacial score (nSPS) is 9.96. The third-order valence-electron chi connectivity index (χ3n) is 3.02. The Bertz CT molecular complexity index is 700. The molecule has 0 bridgehead atoms. The molecule has 2 aromatic rings. The number of benzene rings is 2. The highest BCUT2D eigenvalue weighted by Crippen LogP contribution is 2.25. The molecule has 0 fully saturated rings. The zero-order valence-corrected chi connectivity index (χ0v) is 13.6. The summed E-state index contributed by atoms with van der Waals surface area (Å²) in [6, 6.07) is 12.7. The Morgan fingerprint density at radius 3 is 2.16 bits per heavy atom. The second-order valence-corrected chi connectivity index (χ2v) is 4.82. The summed E-state index contributed by atoms with van der Waals surface area (Å²) >= 11 is 0. The molecule has 132 valence electrons. The van der Waals surface area contributed by atoms with Crippen molar-refractivity contribution in [3.05, 3.63) is 58.6 Å². The number of carbonyl (C=O) groups is 1. The first kappa shape index (κ1) is 18.1. The van der Waals surface area contributed by atoms with E-state index in [1.165, 1.54) is 24.3 Å². The summed E-state index contributed by atoms with van der Waals surface area (Å²) < 4.78 is 15.8. The van der Waals surface area contributed by atoms with Crippen molar-refractivity contribution in [1.29, 1.82) is 0 Å². The van der Waals surface area contributed by atoms with Gasteiger partial charge >= 0.3 is 6.09 Å². The zero-order valence-electron chi connectivity index (χ0n) is 13.6. The average Bonchev–Trinajstić information content (AvgIpc) is 2.61. The maximum Gasteiger partial charge on any atom is 0.407 e. The van der Waals surface area contributed by atoms with E-state index in [4.69, 9.17) is 14.2 Å². The summed E-state index contributed by atoms with van der Waals surface area (Å²) in [6.07, 6.45) is -0.474. The number of nitro groups is 1. The molecule has 0 heterocycles. The topological polar surface area (TPSA) is 99.9 Å². The standard InChI is InChI=1S/C17H18N2O6/c1-2-23-17(20)18-11-12-24-14-7-9-16(10-8-14)25-15-5-3-13(4-6-15)19(21)22/h3-10H,2,11-12H2,1H3,(H,18,20). The summed E-state index contributed by atoms with van der Waals surface area (Å²) in [4.78, 5) is 21.2. The van der Waals surface area contributed by atoms with Crippen molar-refractivity contribution in [1.82, 2.24) is 5.32 Å². The number of nitro benzene ring substituents is 1. The van der Waals surface area contributed by atoms with Gasteiger partial charge in [0.25, 0.3) is 5.69 Å². The third kappa shape index (κ3) is 6.02. The quantitative estimate of drug-likeness (QED) is 0.446. The van der Waals surface area contributed by atoms with Crippen LogP contribution >= 0.6 is 0 Å². The van der Waals surface area contributed by atoms with Crippen molar-refractivity contribution >= 4 is 11.8 Å². The Morgan fingerprint density at radius 2 is 1.60 bits per heavy atom. The number of nitrogens with one attached hydrogen (secondary N) is 1. The smallest absolute Gasteiger partial charge is 0.407 e. The first-order chi connectivity index (χ1) is 12.1. The van der Waals surface area contributed by atoms with Crippen molar-refractivity contribution < 1.29 is 23.9 Å². The molecule has 0 aliphatic heterocycles. The largest absolute Gasteiger partial charge is 0.492 e. The number of amides is 1. The van der Waals surface area contributed by atoms with E-state index in [1.54, 1.807) is 31.2 Å². The highest BCUT2D eigenvalue weighted by molar-refractivity contribution is 5.66. The first-order valence-electron chi connectivity index (χ1n) is 7.64. The van der Waals surface area contributed by atoms with Gasteiger partial charge in [0.15, 0.2) is 0 Å². The van der Waals surface area contributed by atoms with Gasteiger partial charge in [-0.1, -0.05) is 0 Å². The molecule has 0 aliphatic rings. The van der Waals surface area contributed by atoms with E-state index in [-0.39, 0.29) is 5.69 Å². The molecule has 8 heteroatoms. The predicted octanol–water partition coefficient (Wildman–Crippen LogP) is 3.51. The van der Waals surface area contributed by atoms with Crippen LogP contribution in [0.15, 0.2) is 48.5 Å². The van der Waals surface area contributed by atoms with Crippen LogP contribution in [0.25, 0.3) is 0 Å². The summed E-state index contributed by atoms with van der Waals surface area (Å²) in [7, 11) is 0. The molecule has 0 aliphatic carbocycles. The highest BCUT2D eigenvalue weighted by Gasteiger charge is 2.05. The maximum atomic E-state index is 11.1. The van der Waals surface area contributed by atoms with Crippen molar-refractivity contribution in [2.45, 2.75) is 6.92 Å². The van der Waals surface area contributed by atoms with Crippen molar-refractivity contribution in [2.24, 2.45) is 0 Å². The fourth-order valence-corrected chi connectivity index (χ4v) is 1.88. The van der Waals surface area contributed by atoms with Crippen molar-refractivity contribution in [3.63, 3.8) is 0 Å². The lowest BCUT2D eigenvalue weighted by molar-refractivity contribution is -0.384. The highest BCUT2D eigenvalue weighted by atomic mass is 16.6. The minimum Gasteiger partial charge on any atom is -0.492 e. The number of hydrogen-bond donors (Lipinski definition) is 1. The lowest BCUT2D eigenvalue weighted by atomic mass is 10.3. The Labute approximate surface area is 144 Å². The Morgan fingerprint density at radius 1 is 1.04 bits per heavy atom. The van der Waals surface area contributed by atoms with E-state index in [1.807, 2.05) is 0 Å². The van der Waals surface area contributed by atoms with Crippen LogP contribution < -0.4 is 14.8 Å². The minimum atomic E-state index is -0.474. The molecular formula is C17H18N2O6. The van der Waals surface area contributed by atoms with Crippen LogP contribution in [0.4, 0.5) is 10.5 Å². The molecule has 1 amide bonds. The van der Waals surface area contributed by atoms with E-state index in [0.717, 1.165) is 0 Å². The summed E-state index contributed by atoms with van der Waals surface area (Å²) in [5, 5.41) is 13.2. The fraction of sp³-hybridized carbons (Fsp3) is 0.235. The number of non-ortho nitro benzene ring substituents is 1. The van der Waals surface area contributed by atoms with Gasteiger partial charge in [0, 0.05) is 12.1 Å². The van der Waals surface area contributed by atoms with Crippen LogP contribution in [0.1, 0.15) is 6.92 Å². The molecule has 0 aromatic heterocycles. The Kier molecular flexibility index (Phi) is 6.58. The lowest BCUT2D eigenvalue weighted by Crippen LogP contribution is -2.28. The molecule has 25 heavy (non-hydrogen) atoms. The lowest BCUT2D eigenvalue weighted by Gasteiger charge is -2.09. The van der Waals surface area contributed by atoms with Gasteiger partial charge in [-0.05, 0) is 43.3 Å². The zero-order chi connectivity index (χ0) is 18.1. The number of rotatable bonds is 8. The number of alkyl carbamates (subject to hydrolysis) is 1. The molecular weight excluding hydrogens is 328 g/mol. The van der Waals surface area contributed by atoms with Gasteiger partial charge in [0.05, 0.1) is 18.1 Å². The van der Waals surface area contributed by atoms with Crippen LogP contribution in [-0.2, 0) is 4.74 Å². The number of nitrogens with zero attached hydrogens (tertiary/aromatic N) is 1. The number of ether oxygens (including phenoxy) is 3. The van der Waals surface area contributed by atoms with E-state index < -0.39 is 11.0 Å².